The number of hydrogen-bond acceptors (Lipinski definition) is 7. The van der Waals surface area contributed by atoms with Crippen LogP contribution in [0.2, 0.25) is 0 Å². The molecule has 6 aliphatic rings. The molecule has 6 rings (SSSR count). The molecule has 0 bridgehead atoms. The molecule has 1 aliphatic heterocycles. The van der Waals surface area contributed by atoms with E-state index in [4.69, 9.17) is 14.2 Å². The molecule has 15 atom stereocenters. The van der Waals surface area contributed by atoms with Gasteiger partial charge in [0.1, 0.15) is 18.3 Å². The normalized spacial score (nSPS) is 53.5. The van der Waals surface area contributed by atoms with Crippen LogP contribution in [-0.2, 0) is 19.0 Å². The summed E-state index contributed by atoms with van der Waals surface area (Å²) in [7, 11) is 1.57. The van der Waals surface area contributed by atoms with Gasteiger partial charge in [-0.1, -0.05) is 46.8 Å². The standard InChI is InChI=1S/C37H60O7/c1-20(2)22-12-17-37(32(41)42-9)19-18-35(7)23(27(22)37)10-11-25-34(6)15-14-26(33(4,5)24(34)13-16-36(25,35)8)43-31-29(40)28(39)30(44-31)21(3)38/h21-31,38-40H,1,10-19H2,2-9H3/t21-,22-,23+,24-,25+,26+,27+,28-,29-,30+,31-,34-,35+,36+,37-/m0/s1. The van der Waals surface area contributed by atoms with E-state index < -0.39 is 30.7 Å². The second kappa shape index (κ2) is 10.8. The number of fused-ring (bicyclic) bond motifs is 7. The van der Waals surface area contributed by atoms with E-state index in [-0.39, 0.29) is 39.1 Å². The number of hydrogen-bond donors (Lipinski definition) is 3. The topological polar surface area (TPSA) is 105 Å². The Hall–Kier alpha value is -0.990. The van der Waals surface area contributed by atoms with E-state index in [0.29, 0.717) is 29.6 Å². The average Bonchev–Trinajstić information content (AvgIpc) is 3.49. The van der Waals surface area contributed by atoms with Crippen LogP contribution in [0.5, 0.6) is 0 Å². The Labute approximate surface area is 265 Å². The second-order valence-electron chi connectivity index (χ2n) is 17.5. The van der Waals surface area contributed by atoms with E-state index >= 15 is 0 Å². The van der Waals surface area contributed by atoms with Gasteiger partial charge in [0.15, 0.2) is 6.29 Å². The molecule has 7 heteroatoms. The monoisotopic (exact) mass is 616 g/mol. The molecule has 0 unspecified atom stereocenters. The van der Waals surface area contributed by atoms with Crippen molar-refractivity contribution in [2.24, 2.45) is 56.7 Å². The highest BCUT2D eigenvalue weighted by molar-refractivity contribution is 5.78. The largest absolute Gasteiger partial charge is 0.469 e. The van der Waals surface area contributed by atoms with Gasteiger partial charge in [0, 0.05) is 0 Å². The van der Waals surface area contributed by atoms with Crippen molar-refractivity contribution in [3.8, 4) is 0 Å². The SMILES string of the molecule is C=C(C)[C@@H]1CC[C@]2(C(=O)OC)CC[C@]3(C)[C@H](CC[C@@H]4[C@@]5(C)CC[C@@H](O[C@H]6O[C@H]([C@H](C)O)[C@@H](O)[C@@H]6O)C(C)(C)[C@@H]5CC[C@]43C)[C@@H]12. The fraction of sp³-hybridized carbons (Fsp3) is 0.919. The van der Waals surface area contributed by atoms with Crippen LogP contribution in [-0.4, -0.2) is 65.2 Å². The number of rotatable bonds is 5. The van der Waals surface area contributed by atoms with Gasteiger partial charge in [0.2, 0.25) is 0 Å². The third-order valence-electron chi connectivity index (χ3n) is 15.6. The van der Waals surface area contributed by atoms with Crippen LogP contribution in [0.1, 0.15) is 113 Å². The molecule has 0 amide bonds. The van der Waals surface area contributed by atoms with Crippen molar-refractivity contribution in [2.75, 3.05) is 7.11 Å². The summed E-state index contributed by atoms with van der Waals surface area (Å²) in [5.74, 6) is 2.24. The van der Waals surface area contributed by atoms with Crippen molar-refractivity contribution in [3.05, 3.63) is 12.2 Å². The minimum absolute atomic E-state index is 0.0139. The highest BCUT2D eigenvalue weighted by atomic mass is 16.7. The zero-order valence-electron chi connectivity index (χ0n) is 28.6. The summed E-state index contributed by atoms with van der Waals surface area (Å²) in [6.45, 7) is 20.6. The highest BCUT2D eigenvalue weighted by Gasteiger charge is 2.72. The van der Waals surface area contributed by atoms with Crippen LogP contribution in [0.15, 0.2) is 12.2 Å². The van der Waals surface area contributed by atoms with Crippen molar-refractivity contribution in [1.29, 1.82) is 0 Å². The first kappa shape index (κ1) is 32.9. The lowest BCUT2D eigenvalue weighted by molar-refractivity contribution is -0.275. The van der Waals surface area contributed by atoms with Crippen LogP contribution < -0.4 is 0 Å². The third kappa shape index (κ3) is 4.27. The predicted octanol–water partition coefficient (Wildman–Crippen LogP) is 6.03. The maximum absolute atomic E-state index is 13.5. The minimum atomic E-state index is -1.18. The number of aliphatic hydroxyl groups excluding tert-OH is 3. The van der Waals surface area contributed by atoms with Crippen molar-refractivity contribution in [3.63, 3.8) is 0 Å². The minimum Gasteiger partial charge on any atom is -0.469 e. The van der Waals surface area contributed by atoms with Gasteiger partial charge in [0.25, 0.3) is 0 Å². The molecule has 3 N–H and O–H groups in total. The van der Waals surface area contributed by atoms with Gasteiger partial charge in [-0.2, -0.15) is 0 Å². The quantitative estimate of drug-likeness (QED) is 0.256. The Kier molecular flexibility index (Phi) is 8.06. The molecule has 5 saturated carbocycles. The summed E-state index contributed by atoms with van der Waals surface area (Å²) in [5, 5.41) is 31.3. The van der Waals surface area contributed by atoms with Gasteiger partial charge in [0.05, 0.1) is 24.7 Å². The molecular formula is C37H60O7. The molecule has 250 valence electrons. The summed E-state index contributed by atoms with van der Waals surface area (Å²) < 4.78 is 17.9. The molecule has 5 aliphatic carbocycles. The predicted molar refractivity (Wildman–Crippen MR) is 168 cm³/mol. The first-order valence-corrected chi connectivity index (χ1v) is 17.6. The van der Waals surface area contributed by atoms with Crippen LogP contribution in [0.25, 0.3) is 0 Å². The summed E-state index contributed by atoms with van der Waals surface area (Å²) >= 11 is 0. The van der Waals surface area contributed by atoms with E-state index in [1.54, 1.807) is 14.0 Å². The summed E-state index contributed by atoms with van der Waals surface area (Å²) in [4.78, 5) is 13.5. The Bertz CT molecular complexity index is 1150. The van der Waals surface area contributed by atoms with E-state index in [1.807, 2.05) is 0 Å². The zero-order valence-corrected chi connectivity index (χ0v) is 28.6. The lowest BCUT2D eigenvalue weighted by Gasteiger charge is -2.73. The molecule has 0 aromatic rings. The van der Waals surface area contributed by atoms with Crippen molar-refractivity contribution < 1.29 is 34.3 Å². The Morgan fingerprint density at radius 3 is 2.20 bits per heavy atom. The van der Waals surface area contributed by atoms with Crippen LogP contribution >= 0.6 is 0 Å². The van der Waals surface area contributed by atoms with E-state index in [0.717, 1.165) is 51.4 Å². The molecule has 0 spiro atoms. The summed E-state index contributed by atoms with van der Waals surface area (Å²) in [6, 6.07) is 0. The average molecular weight is 617 g/mol. The third-order valence-corrected chi connectivity index (χ3v) is 15.6. The van der Waals surface area contributed by atoms with Crippen LogP contribution in [0.4, 0.5) is 0 Å². The van der Waals surface area contributed by atoms with E-state index in [2.05, 4.69) is 48.1 Å². The fourth-order valence-electron chi connectivity index (χ4n) is 13.3. The molecule has 0 aromatic heterocycles. The number of methoxy groups -OCH3 is 1. The van der Waals surface area contributed by atoms with Crippen LogP contribution in [0, 0.1) is 56.7 Å². The Morgan fingerprint density at radius 2 is 1.59 bits per heavy atom. The molecule has 0 radical (unpaired) electrons. The lowest BCUT2D eigenvalue weighted by atomic mass is 9.32. The molecule has 44 heavy (non-hydrogen) atoms. The van der Waals surface area contributed by atoms with Crippen molar-refractivity contribution >= 4 is 5.97 Å². The van der Waals surface area contributed by atoms with E-state index in [1.165, 1.54) is 18.4 Å². The Balaban J connectivity index is 1.27. The maximum atomic E-state index is 13.5. The first-order valence-electron chi connectivity index (χ1n) is 17.6. The summed E-state index contributed by atoms with van der Waals surface area (Å²) in [6.07, 6.45) is 5.43. The van der Waals surface area contributed by atoms with Gasteiger partial charge in [-0.05, 0) is 129 Å². The molecular weight excluding hydrogens is 556 g/mol. The number of ether oxygens (including phenoxy) is 3. The zero-order chi connectivity index (χ0) is 32.2. The molecule has 1 saturated heterocycles. The number of carbonyl (C=O) groups excluding carboxylic acids is 1. The number of aliphatic hydroxyl groups is 3. The summed E-state index contributed by atoms with van der Waals surface area (Å²) in [5.41, 5.74) is 1.20. The molecule has 0 aromatic carbocycles. The number of allylic oxidation sites excluding steroid dienone is 1. The first-order chi connectivity index (χ1) is 20.5. The molecule has 7 nitrogen and oxygen atoms in total. The maximum Gasteiger partial charge on any atom is 0.312 e. The molecule has 6 fully saturated rings. The van der Waals surface area contributed by atoms with Gasteiger partial charge < -0.3 is 29.5 Å². The number of carbonyl (C=O) groups is 1. The molecule has 1 heterocycles. The lowest BCUT2D eigenvalue weighted by Crippen LogP contribution is -2.67. The second-order valence-corrected chi connectivity index (χ2v) is 17.5. The van der Waals surface area contributed by atoms with E-state index in [9.17, 15) is 20.1 Å². The number of esters is 1. The van der Waals surface area contributed by atoms with Crippen molar-refractivity contribution in [1.82, 2.24) is 0 Å². The van der Waals surface area contributed by atoms with Gasteiger partial charge in [-0.25, -0.2) is 0 Å². The van der Waals surface area contributed by atoms with Gasteiger partial charge >= 0.3 is 5.97 Å². The smallest absolute Gasteiger partial charge is 0.312 e. The Morgan fingerprint density at radius 1 is 0.886 bits per heavy atom. The van der Waals surface area contributed by atoms with Gasteiger partial charge in [-0.3, -0.25) is 4.79 Å². The van der Waals surface area contributed by atoms with Crippen molar-refractivity contribution in [2.45, 2.75) is 149 Å². The highest BCUT2D eigenvalue weighted by Crippen LogP contribution is 2.77. The van der Waals surface area contributed by atoms with Gasteiger partial charge in [-0.15, -0.1) is 0 Å². The van der Waals surface area contributed by atoms with Crippen LogP contribution in [0.3, 0.4) is 0 Å². The fourth-order valence-corrected chi connectivity index (χ4v) is 13.3.